The number of hydrogen-bond acceptors (Lipinski definition) is 4. The number of carbonyl (C=O) groups is 1. The molecule has 2 N–H and O–H groups in total. The van der Waals surface area contributed by atoms with Crippen LogP contribution >= 0.6 is 0 Å². The highest BCUT2D eigenvalue weighted by Crippen LogP contribution is 2.48. The minimum absolute atomic E-state index is 0.0346. The van der Waals surface area contributed by atoms with Gasteiger partial charge < -0.3 is 15.3 Å². The molecule has 5 nitrogen and oxygen atoms in total. The first-order chi connectivity index (χ1) is 10.4. The van der Waals surface area contributed by atoms with Crippen molar-refractivity contribution in [3.63, 3.8) is 0 Å². The van der Waals surface area contributed by atoms with E-state index in [4.69, 9.17) is 5.26 Å². The smallest absolute Gasteiger partial charge is 0.237 e. The molecule has 0 aromatic carbocycles. The van der Waals surface area contributed by atoms with Crippen LogP contribution < -0.4 is 5.32 Å². The van der Waals surface area contributed by atoms with Crippen molar-refractivity contribution in [3.8, 4) is 6.07 Å². The molecule has 1 amide bonds. The second-order valence-electron chi connectivity index (χ2n) is 7.49. The van der Waals surface area contributed by atoms with Crippen LogP contribution in [0.25, 0.3) is 0 Å². The Morgan fingerprint density at radius 2 is 2.05 bits per heavy atom. The third kappa shape index (κ3) is 2.97. The molecule has 0 radical (unpaired) electrons. The number of carbonyl (C=O) groups excluding carboxylic acids is 1. The van der Waals surface area contributed by atoms with Crippen LogP contribution in [0.15, 0.2) is 0 Å². The van der Waals surface area contributed by atoms with Crippen LogP contribution in [-0.2, 0) is 4.79 Å². The molecule has 6 atom stereocenters. The van der Waals surface area contributed by atoms with Gasteiger partial charge in [-0.05, 0) is 44.4 Å². The number of halogens is 1. The number of nitrogens with one attached hydrogen (secondary N) is 1. The van der Waals surface area contributed by atoms with Gasteiger partial charge in [0.15, 0.2) is 0 Å². The molecule has 1 saturated heterocycles. The standard InChI is InChI=1S/C16H24FN3O2/c1-16(5-10-2-14(21)3-11(10)6-16)19-8-15(22)20-9-12(17)4-13(20)7-18/h10-14,19,21H,2-6,8-9H2,1H3/t10-,11?,12+,13+,14?,16?/m1/s1. The van der Waals surface area contributed by atoms with Crippen LogP contribution in [0.4, 0.5) is 4.39 Å². The molecule has 2 saturated carbocycles. The topological polar surface area (TPSA) is 76.4 Å². The fourth-order valence-corrected chi connectivity index (χ4v) is 4.64. The van der Waals surface area contributed by atoms with Crippen molar-refractivity contribution < 1.29 is 14.3 Å². The molecule has 3 unspecified atom stereocenters. The third-order valence-electron chi connectivity index (χ3n) is 5.63. The highest BCUT2D eigenvalue weighted by atomic mass is 19.1. The van der Waals surface area contributed by atoms with Gasteiger partial charge >= 0.3 is 0 Å². The quantitative estimate of drug-likeness (QED) is 0.815. The zero-order valence-electron chi connectivity index (χ0n) is 13.0. The summed E-state index contributed by atoms with van der Waals surface area (Å²) in [5.41, 5.74) is -0.0951. The maximum absolute atomic E-state index is 13.4. The number of hydrogen-bond donors (Lipinski definition) is 2. The van der Waals surface area contributed by atoms with E-state index in [9.17, 15) is 14.3 Å². The lowest BCUT2D eigenvalue weighted by Crippen LogP contribution is -2.48. The van der Waals surface area contributed by atoms with Gasteiger partial charge in [0.2, 0.25) is 5.91 Å². The largest absolute Gasteiger partial charge is 0.393 e. The van der Waals surface area contributed by atoms with E-state index in [0.29, 0.717) is 11.8 Å². The third-order valence-corrected chi connectivity index (χ3v) is 5.63. The van der Waals surface area contributed by atoms with Crippen LogP contribution in [0.1, 0.15) is 39.0 Å². The fourth-order valence-electron chi connectivity index (χ4n) is 4.64. The van der Waals surface area contributed by atoms with E-state index < -0.39 is 12.2 Å². The molecule has 3 aliphatic rings. The van der Waals surface area contributed by atoms with Gasteiger partial charge in [0.1, 0.15) is 12.2 Å². The summed E-state index contributed by atoms with van der Waals surface area (Å²) < 4.78 is 13.4. The van der Waals surface area contributed by atoms with E-state index in [2.05, 4.69) is 12.2 Å². The number of nitriles is 1. The molecule has 0 spiro atoms. The minimum atomic E-state index is -1.09. The summed E-state index contributed by atoms with van der Waals surface area (Å²) in [4.78, 5) is 13.6. The van der Waals surface area contributed by atoms with Gasteiger partial charge in [-0.2, -0.15) is 5.26 Å². The van der Waals surface area contributed by atoms with E-state index in [-0.39, 0.29) is 37.1 Å². The van der Waals surface area contributed by atoms with Crippen LogP contribution in [0.3, 0.4) is 0 Å². The van der Waals surface area contributed by atoms with E-state index in [1.807, 2.05) is 6.07 Å². The minimum Gasteiger partial charge on any atom is -0.393 e. The number of alkyl halides is 1. The number of aliphatic hydroxyl groups excluding tert-OH is 1. The Bertz CT molecular complexity index is 478. The number of rotatable bonds is 3. The predicted octanol–water partition coefficient (Wildman–Crippen LogP) is 0.978. The second kappa shape index (κ2) is 5.78. The average molecular weight is 309 g/mol. The molecular formula is C16H24FN3O2. The molecule has 122 valence electrons. The molecule has 6 heteroatoms. The molecular weight excluding hydrogens is 285 g/mol. The summed E-state index contributed by atoms with van der Waals surface area (Å²) >= 11 is 0. The van der Waals surface area contributed by atoms with Gasteiger partial charge in [0, 0.05) is 12.0 Å². The van der Waals surface area contributed by atoms with Gasteiger partial charge in [-0.15, -0.1) is 0 Å². The zero-order valence-corrected chi connectivity index (χ0v) is 13.0. The number of likely N-dealkylation sites (tertiary alicyclic amines) is 1. The average Bonchev–Trinajstić information content (AvgIpc) is 3.07. The van der Waals surface area contributed by atoms with Crippen molar-refractivity contribution in [1.29, 1.82) is 5.26 Å². The molecule has 1 heterocycles. The second-order valence-corrected chi connectivity index (χ2v) is 7.49. The predicted molar refractivity (Wildman–Crippen MR) is 78.5 cm³/mol. The summed E-state index contributed by atoms with van der Waals surface area (Å²) in [5, 5.41) is 22.0. The zero-order chi connectivity index (χ0) is 15.9. The molecule has 1 aliphatic heterocycles. The molecule has 3 fully saturated rings. The van der Waals surface area contributed by atoms with Gasteiger partial charge in [-0.25, -0.2) is 4.39 Å². The summed E-state index contributed by atoms with van der Waals surface area (Å²) in [5.74, 6) is 0.887. The van der Waals surface area contributed by atoms with E-state index in [0.717, 1.165) is 25.7 Å². The molecule has 22 heavy (non-hydrogen) atoms. The fraction of sp³-hybridized carbons (Fsp3) is 0.875. The molecule has 2 aliphatic carbocycles. The van der Waals surface area contributed by atoms with Crippen molar-refractivity contribution in [1.82, 2.24) is 10.2 Å². The summed E-state index contributed by atoms with van der Waals surface area (Å²) in [6.45, 7) is 2.31. The first-order valence-electron chi connectivity index (χ1n) is 8.16. The van der Waals surface area contributed by atoms with Crippen molar-refractivity contribution in [3.05, 3.63) is 0 Å². The summed E-state index contributed by atoms with van der Waals surface area (Å²) in [6.07, 6.45) is 2.54. The number of aliphatic hydroxyl groups is 1. The van der Waals surface area contributed by atoms with Crippen LogP contribution in [-0.4, -0.2) is 52.9 Å². The first kappa shape index (κ1) is 15.7. The Morgan fingerprint density at radius 3 is 2.64 bits per heavy atom. The van der Waals surface area contributed by atoms with Gasteiger partial charge in [0.05, 0.1) is 25.3 Å². The Balaban J connectivity index is 1.53. The molecule has 0 bridgehead atoms. The molecule has 3 rings (SSSR count). The van der Waals surface area contributed by atoms with E-state index in [1.165, 1.54) is 4.90 Å². The lowest BCUT2D eigenvalue weighted by atomic mass is 9.96. The van der Waals surface area contributed by atoms with Crippen molar-refractivity contribution >= 4 is 5.91 Å². The SMILES string of the molecule is CC1(NCC(=O)N2C[C@@H](F)C[C@H]2C#N)CC2CC(O)C[C@@H]2C1. The number of nitrogens with zero attached hydrogens (tertiary/aromatic N) is 2. The Hall–Kier alpha value is -1.19. The van der Waals surface area contributed by atoms with Gasteiger partial charge in [0.25, 0.3) is 0 Å². The first-order valence-corrected chi connectivity index (χ1v) is 8.16. The lowest BCUT2D eigenvalue weighted by Gasteiger charge is -2.29. The maximum Gasteiger partial charge on any atom is 0.237 e. The Labute approximate surface area is 130 Å². The van der Waals surface area contributed by atoms with Gasteiger partial charge in [-0.3, -0.25) is 4.79 Å². The maximum atomic E-state index is 13.4. The van der Waals surface area contributed by atoms with Crippen molar-refractivity contribution in [2.45, 2.75) is 62.9 Å². The molecule has 0 aromatic heterocycles. The monoisotopic (exact) mass is 309 g/mol. The van der Waals surface area contributed by atoms with Crippen LogP contribution in [0.5, 0.6) is 0 Å². The molecule has 0 aromatic rings. The number of fused-ring (bicyclic) bond motifs is 1. The lowest BCUT2D eigenvalue weighted by molar-refractivity contribution is -0.130. The van der Waals surface area contributed by atoms with E-state index >= 15 is 0 Å². The Morgan fingerprint density at radius 1 is 1.41 bits per heavy atom. The normalized spacial score (nSPS) is 44.1. The van der Waals surface area contributed by atoms with Crippen molar-refractivity contribution in [2.75, 3.05) is 13.1 Å². The van der Waals surface area contributed by atoms with E-state index in [1.54, 1.807) is 0 Å². The van der Waals surface area contributed by atoms with Crippen LogP contribution in [0.2, 0.25) is 0 Å². The summed E-state index contributed by atoms with van der Waals surface area (Å²) in [6, 6.07) is 1.38. The number of amides is 1. The summed E-state index contributed by atoms with van der Waals surface area (Å²) in [7, 11) is 0. The highest BCUT2D eigenvalue weighted by molar-refractivity contribution is 5.79. The van der Waals surface area contributed by atoms with Gasteiger partial charge in [-0.1, -0.05) is 0 Å². The van der Waals surface area contributed by atoms with Crippen molar-refractivity contribution in [2.24, 2.45) is 11.8 Å². The highest BCUT2D eigenvalue weighted by Gasteiger charge is 2.47. The van der Waals surface area contributed by atoms with Crippen LogP contribution in [0, 0.1) is 23.2 Å². The Kier molecular flexibility index (Phi) is 4.13.